The molecule has 1 aromatic carbocycles. The van der Waals surface area contributed by atoms with Gasteiger partial charge in [-0.2, -0.15) is 0 Å². The summed E-state index contributed by atoms with van der Waals surface area (Å²) >= 11 is 3.35. The summed E-state index contributed by atoms with van der Waals surface area (Å²) in [6.07, 6.45) is 4.19. The van der Waals surface area contributed by atoms with E-state index in [-0.39, 0.29) is 5.82 Å². The second-order valence-electron chi connectivity index (χ2n) is 8.61. The summed E-state index contributed by atoms with van der Waals surface area (Å²) in [5.74, 6) is 1.10. The lowest BCUT2D eigenvalue weighted by Crippen LogP contribution is -2.29. The Balaban J connectivity index is 1.84. The number of hydrogen-bond donors (Lipinski definition) is 0. The molecule has 3 aromatic heterocycles. The van der Waals surface area contributed by atoms with Gasteiger partial charge in [0.1, 0.15) is 29.0 Å². The molecule has 0 unspecified atom stereocenters. The van der Waals surface area contributed by atoms with Gasteiger partial charge in [0.05, 0.1) is 25.2 Å². The molecule has 10 nitrogen and oxygen atoms in total. The fraction of sp³-hybridized carbons (Fsp3) is 0.308. The van der Waals surface area contributed by atoms with Gasteiger partial charge in [-0.1, -0.05) is 6.07 Å². The number of halogens is 1. The highest BCUT2D eigenvalue weighted by Crippen LogP contribution is 2.37. The first-order valence-electron chi connectivity index (χ1n) is 11.6. The third-order valence-corrected chi connectivity index (χ3v) is 8.62. The molecule has 0 fully saturated rings. The van der Waals surface area contributed by atoms with Crippen LogP contribution in [-0.4, -0.2) is 59.7 Å². The lowest BCUT2D eigenvalue weighted by molar-refractivity contribution is 0.0987. The first kappa shape index (κ1) is 27.7. The summed E-state index contributed by atoms with van der Waals surface area (Å²) < 4.78 is 46.8. The third-order valence-electron chi connectivity index (χ3n) is 6.11. The molecule has 0 amide bonds. The maximum absolute atomic E-state index is 13.8. The maximum Gasteiger partial charge on any atom is 0.170 e. The van der Waals surface area contributed by atoms with Crippen LogP contribution in [0.1, 0.15) is 30.1 Å². The molecule has 0 saturated carbocycles. The zero-order chi connectivity index (χ0) is 27.4. The van der Waals surface area contributed by atoms with Crippen molar-refractivity contribution in [3.05, 3.63) is 76.5 Å². The molecule has 0 radical (unpaired) electrons. The molecule has 0 bridgehead atoms. The topological polar surface area (TPSA) is 118 Å². The Kier molecular flexibility index (Phi) is 8.44. The summed E-state index contributed by atoms with van der Waals surface area (Å²) in [7, 11) is 0.699. The number of rotatable bonds is 10. The van der Waals surface area contributed by atoms with E-state index < -0.39 is 26.9 Å². The van der Waals surface area contributed by atoms with Crippen LogP contribution in [0.5, 0.6) is 11.5 Å². The molecule has 12 heteroatoms. The molecule has 0 aliphatic carbocycles. The highest BCUT2D eigenvalue weighted by molar-refractivity contribution is 9.10. The number of aryl methyl sites for hydroxylation is 1. The quantitative estimate of drug-likeness (QED) is 0.259. The van der Waals surface area contributed by atoms with Crippen LogP contribution in [-0.2, 0) is 20.3 Å². The van der Waals surface area contributed by atoms with Gasteiger partial charge in [-0.25, -0.2) is 8.42 Å². The highest BCUT2D eigenvalue weighted by Gasteiger charge is 2.34. The van der Waals surface area contributed by atoms with Gasteiger partial charge in [0.25, 0.3) is 0 Å². The lowest BCUT2D eigenvalue weighted by Gasteiger charge is -2.23. The first-order chi connectivity index (χ1) is 18.2. The number of hydrogen-bond acceptors (Lipinski definition) is 9. The van der Waals surface area contributed by atoms with Crippen molar-refractivity contribution in [1.29, 1.82) is 0 Å². The van der Waals surface area contributed by atoms with Gasteiger partial charge >= 0.3 is 0 Å². The third kappa shape index (κ3) is 5.57. The van der Waals surface area contributed by atoms with Crippen LogP contribution in [0.15, 0.2) is 59.5 Å². The smallest absolute Gasteiger partial charge is 0.170 e. The number of benzene rings is 1. The number of pyridine rings is 2. The number of sulfone groups is 1. The highest BCUT2D eigenvalue weighted by atomic mass is 79.9. The van der Waals surface area contributed by atoms with Crippen molar-refractivity contribution < 1.29 is 22.6 Å². The molecule has 0 N–H and O–H groups in total. The lowest BCUT2D eigenvalue weighted by atomic mass is 10.2. The Morgan fingerprint density at radius 1 is 1.00 bits per heavy atom. The Hall–Kier alpha value is -3.35. The maximum atomic E-state index is 13.8. The van der Waals surface area contributed by atoms with Crippen LogP contribution >= 0.6 is 15.9 Å². The zero-order valence-corrected chi connectivity index (χ0v) is 24.0. The van der Waals surface area contributed by atoms with Gasteiger partial charge in [-0.05, 0) is 65.7 Å². The molecular weight excluding hydrogens is 574 g/mol. The van der Waals surface area contributed by atoms with Crippen LogP contribution in [0.4, 0.5) is 0 Å². The molecule has 0 spiro atoms. The van der Waals surface area contributed by atoms with E-state index in [2.05, 4.69) is 36.1 Å². The summed E-state index contributed by atoms with van der Waals surface area (Å²) in [6.45, 7) is 3.51. The van der Waals surface area contributed by atoms with E-state index in [1.165, 1.54) is 21.3 Å². The minimum Gasteiger partial charge on any atom is -0.494 e. The van der Waals surface area contributed by atoms with Crippen LogP contribution in [0.25, 0.3) is 17.1 Å². The van der Waals surface area contributed by atoms with E-state index in [9.17, 15) is 8.42 Å². The van der Waals surface area contributed by atoms with E-state index in [0.29, 0.717) is 34.3 Å². The number of nitrogens with zero attached hydrogens (tertiary/aromatic N) is 5. The fourth-order valence-corrected chi connectivity index (χ4v) is 5.84. The summed E-state index contributed by atoms with van der Waals surface area (Å²) in [5, 5.41) is 7.76. The second kappa shape index (κ2) is 11.6. The van der Waals surface area contributed by atoms with Gasteiger partial charge in [0.2, 0.25) is 0 Å². The van der Waals surface area contributed by atoms with Crippen LogP contribution in [0, 0.1) is 6.92 Å². The van der Waals surface area contributed by atoms with E-state index in [1.807, 2.05) is 13.0 Å². The predicted molar refractivity (Wildman–Crippen MR) is 146 cm³/mol. The van der Waals surface area contributed by atoms with Crippen molar-refractivity contribution in [3.63, 3.8) is 0 Å². The first-order valence-corrected chi connectivity index (χ1v) is 14.1. The van der Waals surface area contributed by atoms with Crippen molar-refractivity contribution in [2.45, 2.75) is 31.0 Å². The predicted octanol–water partition coefficient (Wildman–Crippen LogP) is 4.50. The van der Waals surface area contributed by atoms with Crippen LogP contribution < -0.4 is 9.47 Å². The van der Waals surface area contributed by atoms with Gasteiger partial charge in [-0.3, -0.25) is 14.5 Å². The monoisotopic (exact) mass is 601 g/mol. The molecule has 38 heavy (non-hydrogen) atoms. The summed E-state index contributed by atoms with van der Waals surface area (Å²) in [6, 6.07) is 10.7. The Morgan fingerprint density at radius 3 is 2.29 bits per heavy atom. The molecule has 0 aliphatic rings. The average Bonchev–Trinajstić information content (AvgIpc) is 3.31. The molecule has 2 atom stereocenters. The molecule has 4 rings (SSSR count). The van der Waals surface area contributed by atoms with Crippen molar-refractivity contribution in [2.24, 2.45) is 0 Å². The zero-order valence-electron chi connectivity index (χ0n) is 21.6. The molecular formula is C26H28BrN5O5S. The average molecular weight is 603 g/mol. The van der Waals surface area contributed by atoms with Crippen LogP contribution in [0.3, 0.4) is 0 Å². The minimum absolute atomic E-state index is 0.190. The Labute approximate surface area is 230 Å². The molecule has 3 heterocycles. The van der Waals surface area contributed by atoms with Crippen LogP contribution in [0.2, 0.25) is 0 Å². The van der Waals surface area contributed by atoms with E-state index in [1.54, 1.807) is 60.4 Å². The van der Waals surface area contributed by atoms with E-state index in [4.69, 9.17) is 14.2 Å². The molecule has 0 aliphatic heterocycles. The minimum atomic E-state index is -3.83. The molecule has 0 saturated heterocycles. The standard InChI is InChI=1S/C26H28BrN5O5S/c1-16-11-18(13-28-12-16)26-31-30-23(32(26)24-21(35-3)7-6-8-22(24)36-4)15-38(33,34)17(2)25(37-5)20-10-9-19(27)14-29-20/h6-14,17,25H,15H2,1-5H3/t17-,25+/m1/s1. The normalized spacial score (nSPS) is 13.2. The summed E-state index contributed by atoms with van der Waals surface area (Å²) in [5.41, 5.74) is 2.56. The SMILES string of the molecule is COc1cccc(OC)c1-n1c(CS(=O)(=O)[C@H](C)[C@H](OC)c2ccc(Br)cn2)nnc1-c1cncc(C)c1. The Morgan fingerprint density at radius 2 is 1.71 bits per heavy atom. The van der Waals surface area contributed by atoms with Crippen molar-refractivity contribution in [2.75, 3.05) is 21.3 Å². The van der Waals surface area contributed by atoms with Gasteiger partial charge in [0, 0.05) is 35.7 Å². The van der Waals surface area contributed by atoms with Gasteiger partial charge in [-0.15, -0.1) is 10.2 Å². The fourth-order valence-electron chi connectivity index (χ4n) is 4.17. The number of methoxy groups -OCH3 is 3. The van der Waals surface area contributed by atoms with Gasteiger partial charge < -0.3 is 14.2 Å². The number of para-hydroxylation sites is 1. The van der Waals surface area contributed by atoms with Gasteiger partial charge in [0.15, 0.2) is 21.5 Å². The molecule has 4 aromatic rings. The largest absolute Gasteiger partial charge is 0.494 e. The van der Waals surface area contributed by atoms with Crippen molar-refractivity contribution >= 4 is 25.8 Å². The number of ether oxygens (including phenoxy) is 3. The Bertz CT molecular complexity index is 1500. The van der Waals surface area contributed by atoms with E-state index >= 15 is 0 Å². The van der Waals surface area contributed by atoms with E-state index in [0.717, 1.165) is 10.0 Å². The summed E-state index contributed by atoms with van der Waals surface area (Å²) in [4.78, 5) is 8.62. The van der Waals surface area contributed by atoms with Crippen molar-refractivity contribution in [3.8, 4) is 28.6 Å². The second-order valence-corrected chi connectivity index (χ2v) is 11.9. The molecule has 200 valence electrons. The number of aromatic nitrogens is 5. The van der Waals surface area contributed by atoms with Crippen molar-refractivity contribution in [1.82, 2.24) is 24.7 Å².